The van der Waals surface area contributed by atoms with Crippen LogP contribution in [0, 0.1) is 6.92 Å². The van der Waals surface area contributed by atoms with Crippen LogP contribution in [0.2, 0.25) is 0 Å². The van der Waals surface area contributed by atoms with Gasteiger partial charge in [-0.05, 0) is 36.8 Å². The molecule has 0 spiro atoms. The molecule has 3 rings (SSSR count). The fourth-order valence-electron chi connectivity index (χ4n) is 2.24. The lowest BCUT2D eigenvalue weighted by atomic mass is 10.2. The molecule has 0 bridgehead atoms. The third kappa shape index (κ3) is 3.34. The Hall–Kier alpha value is -2.96. The van der Waals surface area contributed by atoms with Crippen LogP contribution in [0.25, 0.3) is 11.0 Å². The van der Waals surface area contributed by atoms with Gasteiger partial charge in [0.15, 0.2) is 5.43 Å². The molecule has 1 heterocycles. The number of hydrogen-bond acceptors (Lipinski definition) is 4. The van der Waals surface area contributed by atoms with Crippen molar-refractivity contribution in [1.29, 1.82) is 0 Å². The Bertz CT molecular complexity index is 948. The Labute approximate surface area is 134 Å². The van der Waals surface area contributed by atoms with Crippen LogP contribution < -0.4 is 16.3 Å². The Balaban J connectivity index is 1.91. The molecule has 0 saturated carbocycles. The van der Waals surface area contributed by atoms with Crippen molar-refractivity contribution in [1.82, 2.24) is 0 Å². The predicted octanol–water partition coefficient (Wildman–Crippen LogP) is 4.56. The lowest BCUT2D eigenvalue weighted by molar-refractivity contribution is -0.152. The summed E-state index contributed by atoms with van der Waals surface area (Å²) in [5, 5.41) is 0.0871. The first-order valence-electron chi connectivity index (χ1n) is 7.07. The lowest BCUT2D eigenvalue weighted by Crippen LogP contribution is -2.12. The fourth-order valence-corrected chi connectivity index (χ4v) is 2.24. The Morgan fingerprint density at radius 1 is 0.958 bits per heavy atom. The van der Waals surface area contributed by atoms with E-state index in [9.17, 15) is 18.0 Å². The first kappa shape index (κ1) is 15.9. The van der Waals surface area contributed by atoms with Gasteiger partial charge in [-0.15, -0.1) is 0 Å². The maximum Gasteiger partial charge on any atom is 0.449 e. The quantitative estimate of drug-likeness (QED) is 0.690. The molecule has 0 radical (unpaired) electrons. The van der Waals surface area contributed by atoms with Crippen LogP contribution in [-0.2, 0) is 6.18 Å². The third-order valence-electron chi connectivity index (χ3n) is 3.38. The van der Waals surface area contributed by atoms with E-state index in [0.29, 0.717) is 11.8 Å². The molecule has 7 heteroatoms. The molecule has 0 aliphatic carbocycles. The molecule has 0 atom stereocenters. The number of aryl methyl sites for hydroxylation is 1. The average Bonchev–Trinajstić information content (AvgIpc) is 2.52. The molecule has 2 N–H and O–H groups in total. The number of fused-ring (bicyclic) bond motifs is 1. The maximum absolute atomic E-state index is 12.7. The Kier molecular flexibility index (Phi) is 3.92. The smallest absolute Gasteiger partial charge is 0.449 e. The minimum absolute atomic E-state index is 0.0871. The second-order valence-corrected chi connectivity index (χ2v) is 5.30. The monoisotopic (exact) mass is 334 g/mol. The number of hydrogen-bond donors (Lipinski definition) is 2. The average molecular weight is 334 g/mol. The van der Waals surface area contributed by atoms with E-state index in [4.69, 9.17) is 4.42 Å². The SMILES string of the molecule is Cc1cccc(NNc2ccc3c(=O)cc(C(F)(F)F)oc3c2)c1. The van der Waals surface area contributed by atoms with Gasteiger partial charge in [0.25, 0.3) is 0 Å². The largest absolute Gasteiger partial charge is 0.451 e. The number of nitrogens with one attached hydrogen (secondary N) is 2. The topological polar surface area (TPSA) is 54.3 Å². The van der Waals surface area contributed by atoms with E-state index >= 15 is 0 Å². The first-order valence-corrected chi connectivity index (χ1v) is 7.07. The van der Waals surface area contributed by atoms with Crippen molar-refractivity contribution in [2.24, 2.45) is 0 Å². The molecule has 3 aromatic rings. The van der Waals surface area contributed by atoms with Crippen molar-refractivity contribution < 1.29 is 17.6 Å². The molecule has 2 aromatic carbocycles. The number of anilines is 2. The summed E-state index contributed by atoms with van der Waals surface area (Å²) in [6.07, 6.45) is -4.71. The summed E-state index contributed by atoms with van der Waals surface area (Å²) in [6.45, 7) is 1.94. The van der Waals surface area contributed by atoms with Crippen LogP contribution in [0.4, 0.5) is 24.5 Å². The van der Waals surface area contributed by atoms with E-state index < -0.39 is 17.4 Å². The van der Waals surface area contributed by atoms with Gasteiger partial charge < -0.3 is 15.3 Å². The molecular weight excluding hydrogens is 321 g/mol. The number of rotatable bonds is 3. The van der Waals surface area contributed by atoms with Crippen LogP contribution in [0.5, 0.6) is 0 Å². The zero-order chi connectivity index (χ0) is 17.3. The van der Waals surface area contributed by atoms with Crippen molar-refractivity contribution in [2.45, 2.75) is 13.1 Å². The van der Waals surface area contributed by atoms with Gasteiger partial charge in [-0.3, -0.25) is 4.79 Å². The molecule has 0 saturated heterocycles. The normalized spacial score (nSPS) is 11.5. The molecular formula is C17H13F3N2O2. The molecule has 4 nitrogen and oxygen atoms in total. The second-order valence-electron chi connectivity index (χ2n) is 5.30. The summed E-state index contributed by atoms with van der Waals surface area (Å²) in [4.78, 5) is 11.8. The van der Waals surface area contributed by atoms with Crippen molar-refractivity contribution in [3.05, 3.63) is 70.1 Å². The van der Waals surface area contributed by atoms with Gasteiger partial charge in [0.05, 0.1) is 16.8 Å². The number of halogens is 3. The molecule has 0 unspecified atom stereocenters. The van der Waals surface area contributed by atoms with E-state index in [1.165, 1.54) is 12.1 Å². The van der Waals surface area contributed by atoms with Crippen molar-refractivity contribution in [3.8, 4) is 0 Å². The molecule has 0 aliphatic heterocycles. The van der Waals surface area contributed by atoms with Gasteiger partial charge in [0.1, 0.15) is 5.58 Å². The highest BCUT2D eigenvalue weighted by Gasteiger charge is 2.34. The van der Waals surface area contributed by atoms with Crippen LogP contribution in [0.3, 0.4) is 0 Å². The highest BCUT2D eigenvalue weighted by Crippen LogP contribution is 2.30. The summed E-state index contributed by atoms with van der Waals surface area (Å²) in [7, 11) is 0. The first-order chi connectivity index (χ1) is 11.3. The van der Waals surface area contributed by atoms with Crippen molar-refractivity contribution in [3.63, 3.8) is 0 Å². The third-order valence-corrected chi connectivity index (χ3v) is 3.38. The maximum atomic E-state index is 12.7. The van der Waals surface area contributed by atoms with E-state index in [0.717, 1.165) is 11.3 Å². The molecule has 0 fully saturated rings. The van der Waals surface area contributed by atoms with Crippen LogP contribution in [-0.4, -0.2) is 0 Å². The van der Waals surface area contributed by atoms with Crippen LogP contribution in [0.1, 0.15) is 11.3 Å². The van der Waals surface area contributed by atoms with E-state index in [2.05, 4.69) is 10.9 Å². The van der Waals surface area contributed by atoms with Gasteiger partial charge in [0.2, 0.25) is 5.76 Å². The van der Waals surface area contributed by atoms with Crippen molar-refractivity contribution in [2.75, 3.05) is 10.9 Å². The van der Waals surface area contributed by atoms with E-state index in [-0.39, 0.29) is 11.0 Å². The highest BCUT2D eigenvalue weighted by atomic mass is 19.4. The van der Waals surface area contributed by atoms with Crippen LogP contribution in [0.15, 0.2) is 57.7 Å². The minimum Gasteiger partial charge on any atom is -0.451 e. The Morgan fingerprint density at radius 3 is 2.33 bits per heavy atom. The van der Waals surface area contributed by atoms with Crippen LogP contribution >= 0.6 is 0 Å². The summed E-state index contributed by atoms with van der Waals surface area (Å²) in [5.74, 6) is -1.32. The van der Waals surface area contributed by atoms with E-state index in [1.807, 2.05) is 31.2 Å². The second kappa shape index (κ2) is 5.92. The number of alkyl halides is 3. The molecule has 124 valence electrons. The molecule has 24 heavy (non-hydrogen) atoms. The fraction of sp³-hybridized carbons (Fsp3) is 0.118. The Morgan fingerprint density at radius 2 is 1.67 bits per heavy atom. The number of hydrazine groups is 1. The minimum atomic E-state index is -4.71. The standard InChI is InChI=1S/C17H13F3N2O2/c1-10-3-2-4-11(7-10)21-22-12-5-6-13-14(23)9-16(17(18,19)20)24-15(13)8-12/h2-9,21-22H,1H3. The highest BCUT2D eigenvalue weighted by molar-refractivity contribution is 5.80. The van der Waals surface area contributed by atoms with E-state index in [1.54, 1.807) is 6.07 Å². The molecule has 0 amide bonds. The van der Waals surface area contributed by atoms with Crippen molar-refractivity contribution >= 4 is 22.3 Å². The molecule has 1 aromatic heterocycles. The van der Waals surface area contributed by atoms with Gasteiger partial charge in [-0.1, -0.05) is 12.1 Å². The van der Waals surface area contributed by atoms with Gasteiger partial charge >= 0.3 is 6.18 Å². The zero-order valence-electron chi connectivity index (χ0n) is 12.6. The number of benzene rings is 2. The lowest BCUT2D eigenvalue weighted by Gasteiger charge is -2.11. The zero-order valence-corrected chi connectivity index (χ0v) is 12.6. The van der Waals surface area contributed by atoms with Gasteiger partial charge in [-0.25, -0.2) is 0 Å². The van der Waals surface area contributed by atoms with Gasteiger partial charge in [0, 0.05) is 12.1 Å². The summed E-state index contributed by atoms with van der Waals surface area (Å²) < 4.78 is 43.1. The summed E-state index contributed by atoms with van der Waals surface area (Å²) >= 11 is 0. The van der Waals surface area contributed by atoms with Gasteiger partial charge in [-0.2, -0.15) is 13.2 Å². The summed E-state index contributed by atoms with van der Waals surface area (Å²) in [5.41, 5.74) is 7.24. The summed E-state index contributed by atoms with van der Waals surface area (Å²) in [6, 6.07) is 12.3. The molecule has 0 aliphatic rings. The predicted molar refractivity (Wildman–Crippen MR) is 85.9 cm³/mol.